The van der Waals surface area contributed by atoms with Crippen molar-refractivity contribution in [3.05, 3.63) is 66.0 Å². The minimum atomic E-state index is -0.362. The Morgan fingerprint density at radius 2 is 1.96 bits per heavy atom. The molecule has 1 N–H and O–H groups in total. The van der Waals surface area contributed by atoms with Crippen LogP contribution >= 0.6 is 0 Å². The first-order valence-electron chi connectivity index (χ1n) is 8.38. The highest BCUT2D eigenvalue weighted by atomic mass is 16.2. The second-order valence-corrected chi connectivity index (χ2v) is 6.08. The van der Waals surface area contributed by atoms with E-state index in [1.165, 1.54) is 0 Å². The SMILES string of the molecule is CNC(=O)[C@H]1CN(C(=O)c2cccnc2)CCN1Cc1ccccc1. The Hall–Kier alpha value is -2.73. The van der Waals surface area contributed by atoms with Gasteiger partial charge in [0.1, 0.15) is 6.04 Å². The molecule has 130 valence electrons. The number of benzene rings is 1. The number of nitrogens with one attached hydrogen (secondary N) is 1. The molecule has 0 bridgehead atoms. The predicted molar refractivity (Wildman–Crippen MR) is 94.8 cm³/mol. The van der Waals surface area contributed by atoms with Gasteiger partial charge in [-0.25, -0.2) is 0 Å². The van der Waals surface area contributed by atoms with Gasteiger partial charge in [-0.05, 0) is 17.7 Å². The van der Waals surface area contributed by atoms with E-state index in [1.807, 2.05) is 30.3 Å². The van der Waals surface area contributed by atoms with Crippen molar-refractivity contribution >= 4 is 11.8 Å². The largest absolute Gasteiger partial charge is 0.358 e. The summed E-state index contributed by atoms with van der Waals surface area (Å²) in [6.07, 6.45) is 3.20. The maximum atomic E-state index is 12.7. The summed E-state index contributed by atoms with van der Waals surface area (Å²) in [5.74, 6) is -0.152. The molecule has 0 radical (unpaired) electrons. The molecule has 2 heterocycles. The normalized spacial score (nSPS) is 18.0. The van der Waals surface area contributed by atoms with Crippen molar-refractivity contribution in [1.29, 1.82) is 0 Å². The van der Waals surface area contributed by atoms with Crippen molar-refractivity contribution < 1.29 is 9.59 Å². The van der Waals surface area contributed by atoms with E-state index in [4.69, 9.17) is 0 Å². The monoisotopic (exact) mass is 338 g/mol. The number of amides is 2. The van der Waals surface area contributed by atoms with Crippen LogP contribution in [0.5, 0.6) is 0 Å². The number of rotatable bonds is 4. The molecule has 0 aliphatic carbocycles. The molecule has 6 nitrogen and oxygen atoms in total. The molecule has 0 unspecified atom stereocenters. The number of likely N-dealkylation sites (N-methyl/N-ethyl adjacent to an activating group) is 1. The molecule has 1 aliphatic heterocycles. The molecule has 2 amide bonds. The van der Waals surface area contributed by atoms with Crippen molar-refractivity contribution in [2.24, 2.45) is 0 Å². The number of aromatic nitrogens is 1. The van der Waals surface area contributed by atoms with Crippen molar-refractivity contribution in [2.75, 3.05) is 26.7 Å². The van der Waals surface area contributed by atoms with Gasteiger partial charge in [-0.2, -0.15) is 0 Å². The summed E-state index contributed by atoms with van der Waals surface area (Å²) in [5, 5.41) is 2.72. The zero-order valence-electron chi connectivity index (χ0n) is 14.3. The maximum Gasteiger partial charge on any atom is 0.255 e. The zero-order chi connectivity index (χ0) is 17.6. The number of carbonyl (C=O) groups is 2. The van der Waals surface area contributed by atoms with Gasteiger partial charge in [0, 0.05) is 45.6 Å². The zero-order valence-corrected chi connectivity index (χ0v) is 14.3. The Balaban J connectivity index is 1.74. The van der Waals surface area contributed by atoms with Gasteiger partial charge in [-0.1, -0.05) is 30.3 Å². The molecule has 25 heavy (non-hydrogen) atoms. The lowest BCUT2D eigenvalue weighted by molar-refractivity contribution is -0.128. The number of hydrogen-bond acceptors (Lipinski definition) is 4. The van der Waals surface area contributed by atoms with E-state index in [9.17, 15) is 9.59 Å². The fourth-order valence-corrected chi connectivity index (χ4v) is 3.10. The molecular weight excluding hydrogens is 316 g/mol. The highest BCUT2D eigenvalue weighted by molar-refractivity contribution is 5.94. The molecule has 1 aromatic heterocycles. The van der Waals surface area contributed by atoms with Gasteiger partial charge in [0.25, 0.3) is 5.91 Å². The lowest BCUT2D eigenvalue weighted by atomic mass is 10.1. The van der Waals surface area contributed by atoms with Crippen molar-refractivity contribution in [3.63, 3.8) is 0 Å². The summed E-state index contributed by atoms with van der Waals surface area (Å²) in [6.45, 7) is 2.31. The average molecular weight is 338 g/mol. The van der Waals surface area contributed by atoms with Gasteiger partial charge >= 0.3 is 0 Å². The molecule has 1 atom stereocenters. The Morgan fingerprint density at radius 1 is 1.16 bits per heavy atom. The molecule has 1 aliphatic rings. The Kier molecular flexibility index (Phi) is 5.40. The molecule has 0 spiro atoms. The van der Waals surface area contributed by atoms with Crippen LogP contribution < -0.4 is 5.32 Å². The van der Waals surface area contributed by atoms with Crippen LogP contribution in [0.1, 0.15) is 15.9 Å². The highest BCUT2D eigenvalue weighted by Gasteiger charge is 2.34. The van der Waals surface area contributed by atoms with Gasteiger partial charge in [0.15, 0.2) is 0 Å². The standard InChI is InChI=1S/C19H22N4O2/c1-20-18(24)17-14-23(19(25)16-8-5-9-21-12-16)11-10-22(17)13-15-6-3-2-4-7-15/h2-9,12,17H,10-11,13-14H2,1H3,(H,20,24)/t17-/m1/s1. The predicted octanol–water partition coefficient (Wildman–Crippen LogP) is 1.15. The molecule has 6 heteroatoms. The van der Waals surface area contributed by atoms with Gasteiger partial charge in [0.05, 0.1) is 5.56 Å². The molecule has 2 aromatic rings. The van der Waals surface area contributed by atoms with E-state index in [0.29, 0.717) is 31.7 Å². The first kappa shape index (κ1) is 17.1. The minimum Gasteiger partial charge on any atom is -0.358 e. The quantitative estimate of drug-likeness (QED) is 0.908. The fourth-order valence-electron chi connectivity index (χ4n) is 3.10. The second-order valence-electron chi connectivity index (χ2n) is 6.08. The summed E-state index contributed by atoms with van der Waals surface area (Å²) in [6, 6.07) is 13.2. The minimum absolute atomic E-state index is 0.0698. The first-order chi connectivity index (χ1) is 12.2. The Bertz CT molecular complexity index is 721. The number of carbonyl (C=O) groups excluding carboxylic acids is 2. The Morgan fingerprint density at radius 3 is 2.64 bits per heavy atom. The van der Waals surface area contributed by atoms with E-state index in [0.717, 1.165) is 5.56 Å². The van der Waals surface area contributed by atoms with Gasteiger partial charge in [0.2, 0.25) is 5.91 Å². The molecule has 1 saturated heterocycles. The second kappa shape index (κ2) is 7.90. The van der Waals surface area contributed by atoms with Crippen molar-refractivity contribution in [3.8, 4) is 0 Å². The van der Waals surface area contributed by atoms with E-state index in [2.05, 4.69) is 15.2 Å². The summed E-state index contributed by atoms with van der Waals surface area (Å²) < 4.78 is 0. The van der Waals surface area contributed by atoms with E-state index in [-0.39, 0.29) is 17.9 Å². The van der Waals surface area contributed by atoms with Crippen LogP contribution in [-0.2, 0) is 11.3 Å². The molecular formula is C19H22N4O2. The fraction of sp³-hybridized carbons (Fsp3) is 0.316. The third kappa shape index (κ3) is 4.03. The summed E-state index contributed by atoms with van der Waals surface area (Å²) in [5.41, 5.74) is 1.71. The van der Waals surface area contributed by atoms with Gasteiger partial charge in [-0.3, -0.25) is 19.5 Å². The van der Waals surface area contributed by atoms with Crippen LogP contribution in [-0.4, -0.2) is 59.3 Å². The van der Waals surface area contributed by atoms with Crippen LogP contribution in [0, 0.1) is 0 Å². The number of pyridine rings is 1. The lowest BCUT2D eigenvalue weighted by Crippen LogP contribution is -2.59. The van der Waals surface area contributed by atoms with E-state index in [1.54, 1.807) is 36.5 Å². The molecule has 1 aromatic carbocycles. The summed E-state index contributed by atoms with van der Waals surface area (Å²) in [4.78, 5) is 32.9. The summed E-state index contributed by atoms with van der Waals surface area (Å²) in [7, 11) is 1.63. The van der Waals surface area contributed by atoms with E-state index >= 15 is 0 Å². The van der Waals surface area contributed by atoms with Crippen LogP contribution in [0.3, 0.4) is 0 Å². The smallest absolute Gasteiger partial charge is 0.255 e. The topological polar surface area (TPSA) is 65.5 Å². The first-order valence-corrected chi connectivity index (χ1v) is 8.38. The third-order valence-electron chi connectivity index (χ3n) is 4.46. The van der Waals surface area contributed by atoms with Crippen LogP contribution in [0.2, 0.25) is 0 Å². The third-order valence-corrected chi connectivity index (χ3v) is 4.46. The van der Waals surface area contributed by atoms with Crippen LogP contribution in [0.4, 0.5) is 0 Å². The number of hydrogen-bond donors (Lipinski definition) is 1. The highest BCUT2D eigenvalue weighted by Crippen LogP contribution is 2.16. The van der Waals surface area contributed by atoms with Gasteiger partial charge in [-0.15, -0.1) is 0 Å². The Labute approximate surface area is 147 Å². The summed E-state index contributed by atoms with van der Waals surface area (Å²) >= 11 is 0. The maximum absolute atomic E-state index is 12.7. The van der Waals surface area contributed by atoms with Crippen molar-refractivity contribution in [2.45, 2.75) is 12.6 Å². The number of nitrogens with zero attached hydrogens (tertiary/aromatic N) is 3. The van der Waals surface area contributed by atoms with E-state index < -0.39 is 0 Å². The van der Waals surface area contributed by atoms with Gasteiger partial charge < -0.3 is 10.2 Å². The lowest BCUT2D eigenvalue weighted by Gasteiger charge is -2.40. The molecule has 0 saturated carbocycles. The molecule has 3 rings (SSSR count). The number of piperazine rings is 1. The average Bonchev–Trinajstić information content (AvgIpc) is 2.68. The van der Waals surface area contributed by atoms with Crippen molar-refractivity contribution in [1.82, 2.24) is 20.1 Å². The van der Waals surface area contributed by atoms with Crippen LogP contribution in [0.15, 0.2) is 54.9 Å². The molecule has 1 fully saturated rings. The van der Waals surface area contributed by atoms with Crippen LogP contribution in [0.25, 0.3) is 0 Å².